The molecular formula is C16H14N2O6S. The highest BCUT2D eigenvalue weighted by molar-refractivity contribution is 7.98. The van der Waals surface area contributed by atoms with Crippen molar-refractivity contribution in [2.24, 2.45) is 7.05 Å². The van der Waals surface area contributed by atoms with Crippen LogP contribution in [0, 0.1) is 6.92 Å². The minimum atomic E-state index is -0.767. The Labute approximate surface area is 145 Å². The van der Waals surface area contributed by atoms with Crippen LogP contribution >= 0.6 is 11.8 Å². The normalized spacial score (nSPS) is 11.0. The van der Waals surface area contributed by atoms with E-state index in [0.29, 0.717) is 33.1 Å². The smallest absolute Gasteiger partial charge is 0.465 e. The number of carbonyl (C=O) groups is 1. The van der Waals surface area contributed by atoms with Crippen molar-refractivity contribution in [3.05, 3.63) is 56.3 Å². The summed E-state index contributed by atoms with van der Waals surface area (Å²) in [6.45, 7) is 1.62. The molecule has 0 saturated heterocycles. The van der Waals surface area contributed by atoms with Gasteiger partial charge in [-0.25, -0.2) is 14.6 Å². The van der Waals surface area contributed by atoms with Crippen molar-refractivity contribution in [3.63, 3.8) is 0 Å². The Morgan fingerprint density at radius 2 is 2.08 bits per heavy atom. The molecule has 130 valence electrons. The van der Waals surface area contributed by atoms with E-state index in [9.17, 15) is 14.4 Å². The molecule has 9 heteroatoms. The molecule has 1 aromatic carbocycles. The Kier molecular flexibility index (Phi) is 4.49. The Hall–Kier alpha value is -2.81. The van der Waals surface area contributed by atoms with Crippen molar-refractivity contribution in [1.82, 2.24) is 9.55 Å². The molecule has 0 saturated carbocycles. The zero-order valence-electron chi connectivity index (χ0n) is 13.7. The molecule has 0 fully saturated rings. The molecule has 0 atom stereocenters. The first-order valence-electron chi connectivity index (χ1n) is 7.22. The van der Waals surface area contributed by atoms with Crippen molar-refractivity contribution in [2.75, 3.05) is 7.11 Å². The largest absolute Gasteiger partial charge is 0.519 e. The molecule has 3 rings (SSSR count). The summed E-state index contributed by atoms with van der Waals surface area (Å²) in [7, 11) is 2.88. The number of rotatable bonds is 4. The van der Waals surface area contributed by atoms with Gasteiger partial charge in [-0.05, 0) is 25.1 Å². The number of esters is 1. The van der Waals surface area contributed by atoms with Crippen LogP contribution in [0.3, 0.4) is 0 Å². The van der Waals surface area contributed by atoms with Crippen LogP contribution < -0.4 is 11.4 Å². The molecule has 0 N–H and O–H groups in total. The van der Waals surface area contributed by atoms with Gasteiger partial charge in [0.1, 0.15) is 5.76 Å². The summed E-state index contributed by atoms with van der Waals surface area (Å²) in [5.41, 5.74) is 0.455. The van der Waals surface area contributed by atoms with Crippen LogP contribution in [-0.4, -0.2) is 22.6 Å². The van der Waals surface area contributed by atoms with Gasteiger partial charge in [0.05, 0.1) is 29.3 Å². The summed E-state index contributed by atoms with van der Waals surface area (Å²) in [6, 6.07) is 4.58. The van der Waals surface area contributed by atoms with Crippen LogP contribution in [0.2, 0.25) is 0 Å². The van der Waals surface area contributed by atoms with E-state index in [4.69, 9.17) is 8.83 Å². The zero-order valence-corrected chi connectivity index (χ0v) is 14.5. The van der Waals surface area contributed by atoms with Gasteiger partial charge in [0.2, 0.25) is 0 Å². The maximum absolute atomic E-state index is 12.5. The molecule has 3 aromatic rings. The predicted octanol–water partition coefficient (Wildman–Crippen LogP) is 1.87. The molecule has 0 aliphatic rings. The number of carbonyl (C=O) groups excluding carboxylic acids is 1. The standard InChI is InChI=1S/C16H14N2O6S/c1-8-12(24-16(21)23-8)7-25-15-17-11-6-9(14(20)22-3)4-5-10(11)13(19)18(15)2/h4-6H,7H2,1-3H3. The Morgan fingerprint density at radius 1 is 1.32 bits per heavy atom. The summed E-state index contributed by atoms with van der Waals surface area (Å²) in [4.78, 5) is 39.7. The molecule has 8 nitrogen and oxygen atoms in total. The molecule has 0 radical (unpaired) electrons. The van der Waals surface area contributed by atoms with Crippen molar-refractivity contribution in [1.29, 1.82) is 0 Å². The average Bonchev–Trinajstić information content (AvgIpc) is 2.93. The molecule has 0 unspecified atom stereocenters. The van der Waals surface area contributed by atoms with Gasteiger partial charge in [0.25, 0.3) is 5.56 Å². The number of aromatic nitrogens is 2. The first kappa shape index (κ1) is 17.0. The Bertz CT molecular complexity index is 1080. The molecule has 0 bridgehead atoms. The molecule has 25 heavy (non-hydrogen) atoms. The summed E-state index contributed by atoms with van der Waals surface area (Å²) < 4.78 is 15.8. The van der Waals surface area contributed by atoms with Crippen LogP contribution in [0.1, 0.15) is 21.9 Å². The predicted molar refractivity (Wildman–Crippen MR) is 89.9 cm³/mol. The number of aryl methyl sites for hydroxylation is 1. The molecule has 0 amide bonds. The highest BCUT2D eigenvalue weighted by Crippen LogP contribution is 2.23. The van der Waals surface area contributed by atoms with E-state index in [2.05, 4.69) is 9.72 Å². The minimum absolute atomic E-state index is 0.241. The summed E-state index contributed by atoms with van der Waals surface area (Å²) in [6.07, 6.45) is 0. The van der Waals surface area contributed by atoms with E-state index in [1.165, 1.54) is 35.6 Å². The fraction of sp³-hybridized carbons (Fsp3) is 0.250. The van der Waals surface area contributed by atoms with Crippen LogP contribution in [0.25, 0.3) is 10.9 Å². The molecular weight excluding hydrogens is 348 g/mol. The van der Waals surface area contributed by atoms with Gasteiger partial charge in [-0.15, -0.1) is 0 Å². The highest BCUT2D eigenvalue weighted by Gasteiger charge is 2.14. The second-order valence-electron chi connectivity index (χ2n) is 5.20. The van der Waals surface area contributed by atoms with Gasteiger partial charge in [-0.2, -0.15) is 0 Å². The van der Waals surface area contributed by atoms with E-state index >= 15 is 0 Å². The molecule has 0 spiro atoms. The maximum atomic E-state index is 12.5. The van der Waals surface area contributed by atoms with Gasteiger partial charge in [-0.3, -0.25) is 9.36 Å². The van der Waals surface area contributed by atoms with E-state index in [1.54, 1.807) is 20.0 Å². The summed E-state index contributed by atoms with van der Waals surface area (Å²) in [5, 5.41) is 0.813. The number of fused-ring (bicyclic) bond motifs is 1. The zero-order chi connectivity index (χ0) is 18.1. The second-order valence-corrected chi connectivity index (χ2v) is 6.15. The number of thioether (sulfide) groups is 1. The quantitative estimate of drug-likeness (QED) is 0.393. The van der Waals surface area contributed by atoms with Crippen molar-refractivity contribution in [3.8, 4) is 0 Å². The molecule has 2 aromatic heterocycles. The van der Waals surface area contributed by atoms with Gasteiger partial charge in [-0.1, -0.05) is 11.8 Å². The first-order valence-corrected chi connectivity index (χ1v) is 8.20. The van der Waals surface area contributed by atoms with Gasteiger partial charge < -0.3 is 13.6 Å². The van der Waals surface area contributed by atoms with Gasteiger partial charge >= 0.3 is 11.8 Å². The summed E-state index contributed by atoms with van der Waals surface area (Å²) >= 11 is 1.22. The van der Waals surface area contributed by atoms with E-state index < -0.39 is 11.8 Å². The lowest BCUT2D eigenvalue weighted by Crippen LogP contribution is -2.20. The number of ether oxygens (including phenoxy) is 1. The fourth-order valence-electron chi connectivity index (χ4n) is 2.26. The van der Waals surface area contributed by atoms with Crippen molar-refractivity contribution >= 4 is 28.6 Å². The Morgan fingerprint density at radius 3 is 2.72 bits per heavy atom. The van der Waals surface area contributed by atoms with Crippen molar-refractivity contribution in [2.45, 2.75) is 17.8 Å². The van der Waals surface area contributed by atoms with Crippen LogP contribution in [0.15, 0.2) is 41.8 Å². The van der Waals surface area contributed by atoms with E-state index in [0.717, 1.165) is 0 Å². The Balaban J connectivity index is 2.01. The number of nitrogens with zero attached hydrogens (tertiary/aromatic N) is 2. The average molecular weight is 362 g/mol. The molecule has 2 heterocycles. The summed E-state index contributed by atoms with van der Waals surface area (Å²) in [5.74, 6) is -0.227. The van der Waals surface area contributed by atoms with Crippen molar-refractivity contribution < 1.29 is 18.4 Å². The maximum Gasteiger partial charge on any atom is 0.519 e. The lowest BCUT2D eigenvalue weighted by molar-refractivity contribution is 0.0601. The topological polar surface area (TPSA) is 105 Å². The third kappa shape index (κ3) is 3.22. The lowest BCUT2D eigenvalue weighted by Gasteiger charge is -2.08. The lowest BCUT2D eigenvalue weighted by atomic mass is 10.1. The monoisotopic (exact) mass is 362 g/mol. The number of hydrogen-bond donors (Lipinski definition) is 0. The SMILES string of the molecule is COC(=O)c1ccc2c(=O)n(C)c(SCc3oc(=O)oc3C)nc2c1. The highest BCUT2D eigenvalue weighted by atomic mass is 32.2. The van der Waals surface area contributed by atoms with Gasteiger partial charge in [0, 0.05) is 7.05 Å². The second kappa shape index (κ2) is 6.60. The van der Waals surface area contributed by atoms with E-state index in [-0.39, 0.29) is 11.3 Å². The van der Waals surface area contributed by atoms with Crippen LogP contribution in [-0.2, 0) is 17.5 Å². The number of methoxy groups -OCH3 is 1. The molecule has 0 aliphatic heterocycles. The van der Waals surface area contributed by atoms with E-state index in [1.807, 2.05) is 0 Å². The van der Waals surface area contributed by atoms with Crippen LogP contribution in [0.5, 0.6) is 0 Å². The minimum Gasteiger partial charge on any atom is -0.465 e. The molecule has 0 aliphatic carbocycles. The number of hydrogen-bond acceptors (Lipinski definition) is 8. The number of benzene rings is 1. The first-order chi connectivity index (χ1) is 11.9. The van der Waals surface area contributed by atoms with Crippen LogP contribution in [0.4, 0.5) is 0 Å². The third-order valence-electron chi connectivity index (χ3n) is 3.62. The third-order valence-corrected chi connectivity index (χ3v) is 4.65. The van der Waals surface area contributed by atoms with Gasteiger partial charge in [0.15, 0.2) is 10.9 Å². The fourth-order valence-corrected chi connectivity index (χ4v) is 3.22.